The number of methoxy groups -OCH3 is 1. The summed E-state index contributed by atoms with van der Waals surface area (Å²) in [6, 6.07) is 20.0. The summed E-state index contributed by atoms with van der Waals surface area (Å²) >= 11 is 1.56. The molecule has 2 aromatic carbocycles. The van der Waals surface area contributed by atoms with Crippen LogP contribution in [0.25, 0.3) is 0 Å². The molecule has 1 unspecified atom stereocenters. The summed E-state index contributed by atoms with van der Waals surface area (Å²) in [5.41, 5.74) is 1.25. The quantitative estimate of drug-likeness (QED) is 0.632. The highest BCUT2D eigenvalue weighted by Crippen LogP contribution is 2.26. The monoisotopic (exact) mass is 381 g/mol. The summed E-state index contributed by atoms with van der Waals surface area (Å²) < 4.78 is 10.3. The molecule has 1 heterocycles. The second-order valence-corrected chi connectivity index (χ2v) is 6.68. The van der Waals surface area contributed by atoms with Gasteiger partial charge in [0, 0.05) is 4.88 Å². The fourth-order valence-electron chi connectivity index (χ4n) is 2.64. The summed E-state index contributed by atoms with van der Waals surface area (Å²) in [5.74, 6) is -0.570. The van der Waals surface area contributed by atoms with Gasteiger partial charge >= 0.3 is 5.97 Å². The molecule has 0 saturated heterocycles. The van der Waals surface area contributed by atoms with Gasteiger partial charge in [0.1, 0.15) is 11.3 Å². The highest BCUT2D eigenvalue weighted by Gasteiger charge is 2.19. The van der Waals surface area contributed by atoms with Crippen molar-refractivity contribution in [2.75, 3.05) is 13.7 Å². The molecule has 5 nitrogen and oxygen atoms in total. The predicted molar refractivity (Wildman–Crippen MR) is 104 cm³/mol. The van der Waals surface area contributed by atoms with Crippen LogP contribution in [0.5, 0.6) is 5.75 Å². The van der Waals surface area contributed by atoms with E-state index >= 15 is 0 Å². The molecule has 6 heteroatoms. The Morgan fingerprint density at radius 2 is 1.74 bits per heavy atom. The van der Waals surface area contributed by atoms with Crippen molar-refractivity contribution in [2.24, 2.45) is 0 Å². The fraction of sp³-hybridized carbons (Fsp3) is 0.143. The molecule has 138 valence electrons. The molecule has 0 fully saturated rings. The number of rotatable bonds is 7. The minimum atomic E-state index is -0.602. The third-order valence-electron chi connectivity index (χ3n) is 3.93. The Hall–Kier alpha value is -3.12. The number of carbonyl (C=O) groups is 2. The molecule has 1 aromatic heterocycles. The van der Waals surface area contributed by atoms with Crippen molar-refractivity contribution < 1.29 is 19.1 Å². The van der Waals surface area contributed by atoms with Crippen molar-refractivity contribution in [1.82, 2.24) is 5.32 Å². The van der Waals surface area contributed by atoms with Crippen molar-refractivity contribution in [2.45, 2.75) is 6.04 Å². The smallest absolute Gasteiger partial charge is 0.342 e. The molecule has 0 saturated carbocycles. The number of thiophene rings is 1. The number of benzene rings is 2. The second-order valence-electron chi connectivity index (χ2n) is 5.70. The molecule has 0 spiro atoms. The molecule has 0 bridgehead atoms. The van der Waals surface area contributed by atoms with Gasteiger partial charge in [-0.15, -0.1) is 11.3 Å². The van der Waals surface area contributed by atoms with Crippen molar-refractivity contribution in [3.8, 4) is 5.75 Å². The molecule has 3 rings (SSSR count). The van der Waals surface area contributed by atoms with Crippen LogP contribution in [-0.2, 0) is 9.53 Å². The van der Waals surface area contributed by atoms with Gasteiger partial charge < -0.3 is 14.8 Å². The van der Waals surface area contributed by atoms with Crippen molar-refractivity contribution in [3.05, 3.63) is 88.1 Å². The van der Waals surface area contributed by atoms with Gasteiger partial charge in [-0.25, -0.2) is 4.79 Å². The lowest BCUT2D eigenvalue weighted by Crippen LogP contribution is -2.32. The number of carbonyl (C=O) groups excluding carboxylic acids is 2. The number of hydrogen-bond donors (Lipinski definition) is 1. The van der Waals surface area contributed by atoms with Gasteiger partial charge in [0.05, 0.1) is 13.2 Å². The highest BCUT2D eigenvalue weighted by atomic mass is 32.1. The lowest BCUT2D eigenvalue weighted by Gasteiger charge is -2.18. The van der Waals surface area contributed by atoms with Crippen LogP contribution in [-0.4, -0.2) is 25.6 Å². The Bertz CT molecular complexity index is 894. The number of hydrogen-bond acceptors (Lipinski definition) is 5. The molecule has 1 N–H and O–H groups in total. The van der Waals surface area contributed by atoms with Crippen LogP contribution in [0.3, 0.4) is 0 Å². The third-order valence-corrected chi connectivity index (χ3v) is 4.86. The van der Waals surface area contributed by atoms with Gasteiger partial charge in [-0.2, -0.15) is 0 Å². The van der Waals surface area contributed by atoms with Crippen LogP contribution in [0.4, 0.5) is 0 Å². The van der Waals surface area contributed by atoms with E-state index in [-0.39, 0.29) is 24.1 Å². The van der Waals surface area contributed by atoms with Crippen molar-refractivity contribution in [3.63, 3.8) is 0 Å². The lowest BCUT2D eigenvalue weighted by molar-refractivity contribution is -0.124. The van der Waals surface area contributed by atoms with E-state index in [4.69, 9.17) is 9.47 Å². The van der Waals surface area contributed by atoms with Gasteiger partial charge in [-0.05, 0) is 29.1 Å². The van der Waals surface area contributed by atoms with Crippen LogP contribution < -0.4 is 10.1 Å². The standard InChI is InChI=1S/C21H19NO4S/c1-25-17-11-6-5-10-16(17)21(24)26-14-19(23)22-20(18-12-7-13-27-18)15-8-3-2-4-9-15/h2-13,20H,14H2,1H3,(H,22,23). The maximum Gasteiger partial charge on any atom is 0.342 e. The number of para-hydroxylation sites is 1. The normalized spacial score (nSPS) is 11.4. The summed E-state index contributed by atoms with van der Waals surface area (Å²) in [6.45, 7) is -0.369. The van der Waals surface area contributed by atoms with Gasteiger partial charge in [0.2, 0.25) is 0 Å². The topological polar surface area (TPSA) is 64.6 Å². The lowest BCUT2D eigenvalue weighted by atomic mass is 10.1. The van der Waals surface area contributed by atoms with Crippen LogP contribution in [0.1, 0.15) is 26.8 Å². The molecule has 3 aromatic rings. The summed E-state index contributed by atoms with van der Waals surface area (Å²) in [6.07, 6.45) is 0. The number of esters is 1. The molecular formula is C21H19NO4S. The van der Waals surface area contributed by atoms with Crippen LogP contribution >= 0.6 is 11.3 Å². The van der Waals surface area contributed by atoms with Crippen LogP contribution in [0.2, 0.25) is 0 Å². The van der Waals surface area contributed by atoms with E-state index < -0.39 is 5.97 Å². The highest BCUT2D eigenvalue weighted by molar-refractivity contribution is 7.10. The molecule has 0 aliphatic carbocycles. The molecule has 0 aliphatic heterocycles. The van der Waals surface area contributed by atoms with E-state index in [0.717, 1.165) is 10.4 Å². The van der Waals surface area contributed by atoms with Gasteiger partial charge in [-0.3, -0.25) is 4.79 Å². The summed E-state index contributed by atoms with van der Waals surface area (Å²) in [7, 11) is 1.48. The first-order chi connectivity index (χ1) is 13.2. The molecule has 1 atom stereocenters. The van der Waals surface area contributed by atoms with E-state index in [9.17, 15) is 9.59 Å². The maximum atomic E-state index is 12.4. The number of nitrogens with one attached hydrogen (secondary N) is 1. The zero-order valence-corrected chi connectivity index (χ0v) is 15.6. The zero-order chi connectivity index (χ0) is 19.1. The number of ether oxygens (including phenoxy) is 2. The minimum Gasteiger partial charge on any atom is -0.496 e. The fourth-order valence-corrected chi connectivity index (χ4v) is 3.45. The average molecular weight is 381 g/mol. The van der Waals surface area contributed by atoms with Gasteiger partial charge in [0.25, 0.3) is 5.91 Å². The first-order valence-corrected chi connectivity index (χ1v) is 9.25. The molecule has 1 amide bonds. The molecule has 0 radical (unpaired) electrons. The predicted octanol–water partition coefficient (Wildman–Crippen LogP) is 3.82. The molecular weight excluding hydrogens is 362 g/mol. The average Bonchev–Trinajstić information content (AvgIpc) is 3.25. The van der Waals surface area contributed by atoms with E-state index in [1.54, 1.807) is 35.6 Å². The van der Waals surface area contributed by atoms with Crippen molar-refractivity contribution >= 4 is 23.2 Å². The first kappa shape index (κ1) is 18.7. The van der Waals surface area contributed by atoms with Crippen LogP contribution in [0.15, 0.2) is 72.1 Å². The maximum absolute atomic E-state index is 12.4. The Kier molecular flexibility index (Phi) is 6.22. The molecule has 27 heavy (non-hydrogen) atoms. The summed E-state index contributed by atoms with van der Waals surface area (Å²) in [4.78, 5) is 25.6. The van der Waals surface area contributed by atoms with E-state index in [1.165, 1.54) is 7.11 Å². The third kappa shape index (κ3) is 4.74. The van der Waals surface area contributed by atoms with E-state index in [2.05, 4.69) is 5.32 Å². The van der Waals surface area contributed by atoms with Gasteiger partial charge in [0.15, 0.2) is 6.61 Å². The van der Waals surface area contributed by atoms with Crippen molar-refractivity contribution in [1.29, 1.82) is 0 Å². The van der Waals surface area contributed by atoms with E-state index in [0.29, 0.717) is 5.75 Å². The van der Waals surface area contributed by atoms with Gasteiger partial charge in [-0.1, -0.05) is 48.5 Å². The minimum absolute atomic E-state index is 0.283. The Morgan fingerprint density at radius 1 is 1.00 bits per heavy atom. The van der Waals surface area contributed by atoms with Crippen LogP contribution in [0, 0.1) is 0 Å². The Labute approximate surface area is 161 Å². The zero-order valence-electron chi connectivity index (χ0n) is 14.8. The largest absolute Gasteiger partial charge is 0.496 e. The van der Waals surface area contributed by atoms with E-state index in [1.807, 2.05) is 47.8 Å². The second kappa shape index (κ2) is 9.00. The SMILES string of the molecule is COc1ccccc1C(=O)OCC(=O)NC(c1ccccc1)c1cccs1. The summed E-state index contributed by atoms with van der Waals surface area (Å²) in [5, 5.41) is 4.89. The molecule has 0 aliphatic rings. The first-order valence-electron chi connectivity index (χ1n) is 8.37. The Morgan fingerprint density at radius 3 is 2.44 bits per heavy atom. The Balaban J connectivity index is 1.66. The number of amides is 1.